The van der Waals surface area contributed by atoms with Crippen molar-refractivity contribution in [2.45, 2.75) is 24.9 Å². The van der Waals surface area contributed by atoms with Crippen LogP contribution >= 0.6 is 0 Å². The van der Waals surface area contributed by atoms with Crippen LogP contribution in [0.1, 0.15) is 11.5 Å². The quantitative estimate of drug-likeness (QED) is 0.843. The summed E-state index contributed by atoms with van der Waals surface area (Å²) in [6, 6.07) is 3.53. The summed E-state index contributed by atoms with van der Waals surface area (Å²) in [7, 11) is -2.13. The van der Waals surface area contributed by atoms with Crippen molar-refractivity contribution in [3.05, 3.63) is 36.0 Å². The maximum absolute atomic E-state index is 12.3. The molecule has 8 heteroatoms. The van der Waals surface area contributed by atoms with Crippen molar-refractivity contribution in [2.75, 3.05) is 13.7 Å². The lowest BCUT2D eigenvalue weighted by molar-refractivity contribution is 0.269. The van der Waals surface area contributed by atoms with Crippen LogP contribution in [0.2, 0.25) is 0 Å². The number of furan rings is 1. The molecule has 2 aromatic rings. The topological polar surface area (TPSA) is 88.6 Å². The number of hydrogen-bond acceptors (Lipinski definition) is 5. The summed E-state index contributed by atoms with van der Waals surface area (Å²) < 4.78 is 32.6. The molecule has 0 aliphatic rings. The Hall–Kier alpha value is -1.64. The standard InChI is InChI=1S/C12H17N3O4S/c1-10-3-4-11(19-10)8-14(2)20(17,18)12-7-13-15(9-12)5-6-16/h3-4,7,9,16H,5-6,8H2,1-2H3. The van der Waals surface area contributed by atoms with Crippen LogP contribution in [0, 0.1) is 6.92 Å². The van der Waals surface area contributed by atoms with E-state index in [0.717, 1.165) is 5.76 Å². The van der Waals surface area contributed by atoms with Gasteiger partial charge in [-0.2, -0.15) is 9.40 Å². The highest BCUT2D eigenvalue weighted by Gasteiger charge is 2.23. The molecule has 2 rings (SSSR count). The molecule has 0 aliphatic carbocycles. The van der Waals surface area contributed by atoms with Gasteiger partial charge in [0, 0.05) is 13.2 Å². The van der Waals surface area contributed by atoms with E-state index in [1.54, 1.807) is 19.1 Å². The molecule has 0 aromatic carbocycles. The highest BCUT2D eigenvalue weighted by molar-refractivity contribution is 7.89. The monoisotopic (exact) mass is 299 g/mol. The summed E-state index contributed by atoms with van der Waals surface area (Å²) in [5.74, 6) is 1.32. The van der Waals surface area contributed by atoms with Crippen molar-refractivity contribution in [2.24, 2.45) is 0 Å². The summed E-state index contributed by atoms with van der Waals surface area (Å²) in [4.78, 5) is 0.0942. The van der Waals surface area contributed by atoms with Gasteiger partial charge in [-0.3, -0.25) is 4.68 Å². The first-order chi connectivity index (χ1) is 9.43. The fraction of sp³-hybridized carbons (Fsp3) is 0.417. The third-order valence-electron chi connectivity index (χ3n) is 2.82. The number of aromatic nitrogens is 2. The molecule has 0 amide bonds. The van der Waals surface area contributed by atoms with E-state index in [-0.39, 0.29) is 24.6 Å². The molecule has 2 aromatic heterocycles. The van der Waals surface area contributed by atoms with E-state index in [9.17, 15) is 8.42 Å². The third-order valence-corrected chi connectivity index (χ3v) is 4.58. The Bertz CT molecular complexity index is 674. The Balaban J connectivity index is 2.15. The molecular weight excluding hydrogens is 282 g/mol. The van der Waals surface area contributed by atoms with E-state index < -0.39 is 10.0 Å². The number of rotatable bonds is 6. The Morgan fingerprint density at radius 2 is 2.20 bits per heavy atom. The highest BCUT2D eigenvalue weighted by Crippen LogP contribution is 2.17. The maximum atomic E-state index is 12.3. The largest absolute Gasteiger partial charge is 0.465 e. The SMILES string of the molecule is Cc1ccc(CN(C)S(=O)(=O)c2cnn(CCO)c2)o1. The second kappa shape index (κ2) is 5.78. The van der Waals surface area contributed by atoms with Crippen molar-refractivity contribution < 1.29 is 17.9 Å². The zero-order valence-electron chi connectivity index (χ0n) is 11.4. The van der Waals surface area contributed by atoms with Gasteiger partial charge in [-0.1, -0.05) is 0 Å². The molecule has 0 saturated carbocycles. The van der Waals surface area contributed by atoms with Crippen molar-refractivity contribution in [1.29, 1.82) is 0 Å². The Morgan fingerprint density at radius 3 is 2.80 bits per heavy atom. The van der Waals surface area contributed by atoms with Crippen LogP contribution in [0.25, 0.3) is 0 Å². The molecule has 0 atom stereocenters. The molecule has 0 spiro atoms. The number of aryl methyl sites for hydroxylation is 1. The molecule has 2 heterocycles. The number of aliphatic hydroxyl groups is 1. The van der Waals surface area contributed by atoms with Gasteiger partial charge in [0.05, 0.1) is 25.9 Å². The predicted molar refractivity (Wildman–Crippen MR) is 71.4 cm³/mol. The van der Waals surface area contributed by atoms with Crippen LogP contribution in [0.15, 0.2) is 33.8 Å². The molecule has 110 valence electrons. The van der Waals surface area contributed by atoms with E-state index in [1.807, 2.05) is 0 Å². The summed E-state index contributed by atoms with van der Waals surface area (Å²) in [5.41, 5.74) is 0. The smallest absolute Gasteiger partial charge is 0.246 e. The van der Waals surface area contributed by atoms with E-state index in [0.29, 0.717) is 5.76 Å². The fourth-order valence-corrected chi connectivity index (χ4v) is 2.85. The second-order valence-electron chi connectivity index (χ2n) is 4.44. The highest BCUT2D eigenvalue weighted by atomic mass is 32.2. The number of hydrogen-bond donors (Lipinski definition) is 1. The van der Waals surface area contributed by atoms with Crippen LogP contribution in [0.4, 0.5) is 0 Å². The molecule has 0 unspecified atom stereocenters. The van der Waals surface area contributed by atoms with Crippen molar-refractivity contribution >= 4 is 10.0 Å². The summed E-state index contributed by atoms with van der Waals surface area (Å²) in [6.45, 7) is 2.12. The van der Waals surface area contributed by atoms with Gasteiger partial charge in [-0.25, -0.2) is 8.42 Å². The average molecular weight is 299 g/mol. The first kappa shape index (κ1) is 14.8. The predicted octanol–water partition coefficient (Wildman–Crippen LogP) is 0.598. The minimum absolute atomic E-state index is 0.0942. The van der Waals surface area contributed by atoms with Crippen molar-refractivity contribution in [3.63, 3.8) is 0 Å². The zero-order valence-corrected chi connectivity index (χ0v) is 12.2. The normalized spacial score (nSPS) is 12.2. The molecule has 7 nitrogen and oxygen atoms in total. The third kappa shape index (κ3) is 3.09. The van der Waals surface area contributed by atoms with Crippen molar-refractivity contribution in [1.82, 2.24) is 14.1 Å². The van der Waals surface area contributed by atoms with Gasteiger partial charge in [0.25, 0.3) is 0 Å². The summed E-state index contributed by atoms with van der Waals surface area (Å²) >= 11 is 0. The fourth-order valence-electron chi connectivity index (χ4n) is 1.76. The van der Waals surface area contributed by atoms with Gasteiger partial charge in [-0.15, -0.1) is 0 Å². The molecule has 0 bridgehead atoms. The lowest BCUT2D eigenvalue weighted by atomic mass is 10.4. The molecule has 0 fully saturated rings. The Labute approximate surface area is 117 Å². The van der Waals surface area contributed by atoms with Crippen LogP contribution in [-0.2, 0) is 23.1 Å². The lowest BCUT2D eigenvalue weighted by Crippen LogP contribution is -2.26. The maximum Gasteiger partial charge on any atom is 0.246 e. The van der Waals surface area contributed by atoms with Gasteiger partial charge >= 0.3 is 0 Å². The van der Waals surface area contributed by atoms with Crippen LogP contribution in [0.5, 0.6) is 0 Å². The minimum atomic E-state index is -3.62. The Kier molecular flexibility index (Phi) is 4.26. The lowest BCUT2D eigenvalue weighted by Gasteiger charge is -2.14. The van der Waals surface area contributed by atoms with Gasteiger partial charge in [0.1, 0.15) is 16.4 Å². The Morgan fingerprint density at radius 1 is 1.45 bits per heavy atom. The average Bonchev–Trinajstić information content (AvgIpc) is 2.99. The number of nitrogens with zero attached hydrogens (tertiary/aromatic N) is 3. The first-order valence-corrected chi connectivity index (χ1v) is 7.52. The molecule has 0 aliphatic heterocycles. The van der Waals surface area contributed by atoms with Gasteiger partial charge in [0.2, 0.25) is 10.0 Å². The van der Waals surface area contributed by atoms with Gasteiger partial charge in [-0.05, 0) is 19.1 Å². The number of sulfonamides is 1. The van der Waals surface area contributed by atoms with Gasteiger partial charge in [0.15, 0.2) is 0 Å². The van der Waals surface area contributed by atoms with Crippen LogP contribution in [0.3, 0.4) is 0 Å². The van der Waals surface area contributed by atoms with Gasteiger partial charge < -0.3 is 9.52 Å². The van der Waals surface area contributed by atoms with E-state index in [1.165, 1.54) is 28.4 Å². The van der Waals surface area contributed by atoms with E-state index in [2.05, 4.69) is 5.10 Å². The van der Waals surface area contributed by atoms with E-state index >= 15 is 0 Å². The zero-order chi connectivity index (χ0) is 14.8. The summed E-state index contributed by atoms with van der Waals surface area (Å²) in [6.07, 6.45) is 2.67. The molecule has 20 heavy (non-hydrogen) atoms. The molecule has 0 saturated heterocycles. The first-order valence-electron chi connectivity index (χ1n) is 6.08. The minimum Gasteiger partial charge on any atom is -0.465 e. The number of aliphatic hydroxyl groups excluding tert-OH is 1. The molecular formula is C12H17N3O4S. The second-order valence-corrected chi connectivity index (χ2v) is 6.48. The van der Waals surface area contributed by atoms with Crippen LogP contribution < -0.4 is 0 Å². The van der Waals surface area contributed by atoms with Crippen molar-refractivity contribution in [3.8, 4) is 0 Å². The molecule has 1 N–H and O–H groups in total. The summed E-state index contributed by atoms with van der Waals surface area (Å²) in [5, 5.41) is 12.7. The van der Waals surface area contributed by atoms with E-state index in [4.69, 9.17) is 9.52 Å². The molecule has 0 radical (unpaired) electrons. The van der Waals surface area contributed by atoms with Crippen LogP contribution in [-0.4, -0.2) is 41.3 Å².